The molecule has 1 aliphatic rings. The predicted octanol–water partition coefficient (Wildman–Crippen LogP) is 2.27. The van der Waals surface area contributed by atoms with Gasteiger partial charge in [0.2, 0.25) is 6.79 Å². The van der Waals surface area contributed by atoms with Gasteiger partial charge in [-0.3, -0.25) is 9.63 Å². The van der Waals surface area contributed by atoms with Gasteiger partial charge in [0.05, 0.1) is 5.60 Å². The molecule has 1 aliphatic heterocycles. The van der Waals surface area contributed by atoms with E-state index in [4.69, 9.17) is 14.3 Å². The third-order valence-corrected chi connectivity index (χ3v) is 2.28. The topological polar surface area (TPSA) is 56.8 Å². The SMILES string of the molecule is CC(C)(C)ONC(=O)/C=C/c1ccc2c(c1)OCO2. The zero-order valence-corrected chi connectivity index (χ0v) is 11.2. The van der Waals surface area contributed by atoms with Gasteiger partial charge in [0.25, 0.3) is 5.91 Å². The monoisotopic (exact) mass is 263 g/mol. The number of nitrogens with one attached hydrogen (secondary N) is 1. The van der Waals surface area contributed by atoms with Gasteiger partial charge < -0.3 is 9.47 Å². The fourth-order valence-corrected chi connectivity index (χ4v) is 1.43. The fraction of sp³-hybridized carbons (Fsp3) is 0.357. The molecule has 0 saturated carbocycles. The lowest BCUT2D eigenvalue weighted by molar-refractivity contribution is -0.140. The standard InChI is InChI=1S/C14H17NO4/c1-14(2,3)19-15-13(16)7-5-10-4-6-11-12(8-10)18-9-17-11/h4-8H,9H2,1-3H3,(H,15,16)/b7-5+. The quantitative estimate of drug-likeness (QED) is 0.671. The molecule has 1 N–H and O–H groups in total. The number of carbonyl (C=O) groups excluding carboxylic acids is 1. The Bertz CT molecular complexity index is 503. The van der Waals surface area contributed by atoms with Crippen LogP contribution in [0.4, 0.5) is 0 Å². The molecular formula is C14H17NO4. The van der Waals surface area contributed by atoms with E-state index in [0.29, 0.717) is 5.75 Å². The summed E-state index contributed by atoms with van der Waals surface area (Å²) in [5.74, 6) is 1.10. The van der Waals surface area contributed by atoms with Crippen LogP contribution in [0, 0.1) is 0 Å². The normalized spacial score (nSPS) is 13.8. The van der Waals surface area contributed by atoms with Crippen molar-refractivity contribution in [2.75, 3.05) is 6.79 Å². The molecule has 1 heterocycles. The molecule has 1 aromatic rings. The van der Waals surface area contributed by atoms with Gasteiger partial charge in [-0.05, 0) is 44.5 Å². The fourth-order valence-electron chi connectivity index (χ4n) is 1.43. The van der Waals surface area contributed by atoms with E-state index in [-0.39, 0.29) is 12.7 Å². The maximum absolute atomic E-state index is 11.5. The summed E-state index contributed by atoms with van der Waals surface area (Å²) in [5, 5.41) is 0. The smallest absolute Gasteiger partial charge is 0.267 e. The molecule has 0 atom stereocenters. The predicted molar refractivity (Wildman–Crippen MR) is 70.6 cm³/mol. The second-order valence-corrected chi connectivity index (χ2v) is 5.13. The van der Waals surface area contributed by atoms with Gasteiger partial charge in [-0.25, -0.2) is 5.48 Å². The van der Waals surface area contributed by atoms with E-state index in [9.17, 15) is 4.79 Å². The largest absolute Gasteiger partial charge is 0.454 e. The Morgan fingerprint density at radius 1 is 1.32 bits per heavy atom. The first kappa shape index (κ1) is 13.4. The van der Waals surface area contributed by atoms with E-state index in [1.54, 1.807) is 6.08 Å². The molecule has 0 spiro atoms. The summed E-state index contributed by atoms with van der Waals surface area (Å²) in [5.41, 5.74) is 2.81. The lowest BCUT2D eigenvalue weighted by Gasteiger charge is -2.17. The molecule has 0 aliphatic carbocycles. The van der Waals surface area contributed by atoms with Crippen LogP contribution < -0.4 is 15.0 Å². The number of rotatable bonds is 3. The highest BCUT2D eigenvalue weighted by Gasteiger charge is 2.13. The van der Waals surface area contributed by atoms with Crippen LogP contribution in [0.2, 0.25) is 0 Å². The van der Waals surface area contributed by atoms with E-state index in [0.717, 1.165) is 11.3 Å². The number of hydrogen-bond donors (Lipinski definition) is 1. The van der Waals surface area contributed by atoms with Crippen LogP contribution in [0.1, 0.15) is 26.3 Å². The second kappa shape index (κ2) is 5.32. The van der Waals surface area contributed by atoms with Crippen molar-refractivity contribution in [1.82, 2.24) is 5.48 Å². The average molecular weight is 263 g/mol. The van der Waals surface area contributed by atoms with Crippen molar-refractivity contribution in [1.29, 1.82) is 0 Å². The number of ether oxygens (including phenoxy) is 2. The highest BCUT2D eigenvalue weighted by atomic mass is 16.7. The molecule has 0 unspecified atom stereocenters. The minimum absolute atomic E-state index is 0.239. The molecule has 0 radical (unpaired) electrons. The Hall–Kier alpha value is -2.01. The Kier molecular flexibility index (Phi) is 3.76. The summed E-state index contributed by atoms with van der Waals surface area (Å²) in [4.78, 5) is 16.7. The molecule has 1 aromatic carbocycles. The zero-order valence-electron chi connectivity index (χ0n) is 11.2. The zero-order chi connectivity index (χ0) is 13.9. The molecule has 5 nitrogen and oxygen atoms in total. The summed E-state index contributed by atoms with van der Waals surface area (Å²) in [6.07, 6.45) is 3.09. The summed E-state index contributed by atoms with van der Waals surface area (Å²) < 4.78 is 10.5. The van der Waals surface area contributed by atoms with E-state index in [1.165, 1.54) is 6.08 Å². The van der Waals surface area contributed by atoms with Crippen LogP contribution in [0.5, 0.6) is 11.5 Å². The number of benzene rings is 1. The molecule has 5 heteroatoms. The number of amides is 1. The van der Waals surface area contributed by atoms with Crippen molar-refractivity contribution in [2.24, 2.45) is 0 Å². The lowest BCUT2D eigenvalue weighted by atomic mass is 10.2. The highest BCUT2D eigenvalue weighted by Crippen LogP contribution is 2.32. The van der Waals surface area contributed by atoms with Crippen LogP contribution in [0.3, 0.4) is 0 Å². The van der Waals surface area contributed by atoms with E-state index < -0.39 is 5.60 Å². The van der Waals surface area contributed by atoms with Crippen molar-refractivity contribution >= 4 is 12.0 Å². The van der Waals surface area contributed by atoms with E-state index in [2.05, 4.69) is 5.48 Å². The molecule has 2 rings (SSSR count). The first-order valence-electron chi connectivity index (χ1n) is 6.00. The first-order valence-corrected chi connectivity index (χ1v) is 6.00. The minimum Gasteiger partial charge on any atom is -0.454 e. The minimum atomic E-state index is -0.414. The highest BCUT2D eigenvalue weighted by molar-refractivity contribution is 5.91. The van der Waals surface area contributed by atoms with Crippen molar-refractivity contribution < 1.29 is 19.1 Å². The Morgan fingerprint density at radius 2 is 2.05 bits per heavy atom. The summed E-state index contributed by atoms with van der Waals surface area (Å²) in [6.45, 7) is 5.81. The van der Waals surface area contributed by atoms with Crippen LogP contribution in [0.15, 0.2) is 24.3 Å². The van der Waals surface area contributed by atoms with Gasteiger partial charge in [-0.1, -0.05) is 6.07 Å². The molecular weight excluding hydrogens is 246 g/mol. The van der Waals surface area contributed by atoms with Crippen LogP contribution in [-0.4, -0.2) is 18.3 Å². The maximum Gasteiger partial charge on any atom is 0.267 e. The summed E-state index contributed by atoms with van der Waals surface area (Å²) in [7, 11) is 0. The van der Waals surface area contributed by atoms with E-state index in [1.807, 2.05) is 39.0 Å². The lowest BCUT2D eigenvalue weighted by Crippen LogP contribution is -2.32. The number of carbonyl (C=O) groups is 1. The van der Waals surface area contributed by atoms with Gasteiger partial charge in [-0.2, -0.15) is 0 Å². The van der Waals surface area contributed by atoms with Gasteiger partial charge in [0.15, 0.2) is 11.5 Å². The van der Waals surface area contributed by atoms with Crippen molar-refractivity contribution in [3.8, 4) is 11.5 Å². The third-order valence-electron chi connectivity index (χ3n) is 2.28. The summed E-state index contributed by atoms with van der Waals surface area (Å²) in [6, 6.07) is 5.48. The van der Waals surface area contributed by atoms with Crippen molar-refractivity contribution in [3.63, 3.8) is 0 Å². The molecule has 0 fully saturated rings. The molecule has 0 bridgehead atoms. The van der Waals surface area contributed by atoms with Crippen LogP contribution in [-0.2, 0) is 9.63 Å². The molecule has 0 saturated heterocycles. The average Bonchev–Trinajstić information content (AvgIpc) is 2.80. The van der Waals surface area contributed by atoms with Gasteiger partial charge in [0, 0.05) is 6.08 Å². The molecule has 1 amide bonds. The number of hydroxylamine groups is 1. The summed E-state index contributed by atoms with van der Waals surface area (Å²) >= 11 is 0. The third kappa shape index (κ3) is 3.99. The molecule has 102 valence electrons. The maximum atomic E-state index is 11.5. The van der Waals surface area contributed by atoms with Crippen LogP contribution in [0.25, 0.3) is 6.08 Å². The second-order valence-electron chi connectivity index (χ2n) is 5.13. The molecule has 0 aromatic heterocycles. The number of fused-ring (bicyclic) bond motifs is 1. The van der Waals surface area contributed by atoms with Crippen molar-refractivity contribution in [3.05, 3.63) is 29.8 Å². The number of hydrogen-bond acceptors (Lipinski definition) is 4. The van der Waals surface area contributed by atoms with Gasteiger partial charge in [-0.15, -0.1) is 0 Å². The van der Waals surface area contributed by atoms with Crippen LogP contribution >= 0.6 is 0 Å². The van der Waals surface area contributed by atoms with Crippen molar-refractivity contribution in [2.45, 2.75) is 26.4 Å². The van der Waals surface area contributed by atoms with Gasteiger partial charge >= 0.3 is 0 Å². The van der Waals surface area contributed by atoms with Gasteiger partial charge in [0.1, 0.15) is 0 Å². The molecule has 19 heavy (non-hydrogen) atoms. The van der Waals surface area contributed by atoms with E-state index >= 15 is 0 Å². The Morgan fingerprint density at radius 3 is 2.79 bits per heavy atom. The Labute approximate surface area is 112 Å². The Balaban J connectivity index is 1.93. The first-order chi connectivity index (χ1) is 8.94.